The summed E-state index contributed by atoms with van der Waals surface area (Å²) < 4.78 is 0. The van der Waals surface area contributed by atoms with Crippen molar-refractivity contribution in [1.29, 1.82) is 0 Å². The van der Waals surface area contributed by atoms with Crippen LogP contribution in [-0.2, 0) is 4.79 Å². The maximum Gasteiger partial charge on any atom is 0.255 e. The second-order valence-corrected chi connectivity index (χ2v) is 5.81. The van der Waals surface area contributed by atoms with Crippen LogP contribution >= 0.6 is 0 Å². The highest BCUT2D eigenvalue weighted by molar-refractivity contribution is 6.00. The molecule has 1 rings (SSSR count). The number of carbonyl (C=O) groups is 2. The van der Waals surface area contributed by atoms with Crippen molar-refractivity contribution in [3.05, 3.63) is 23.9 Å². The fourth-order valence-corrected chi connectivity index (χ4v) is 1.69. The van der Waals surface area contributed by atoms with Crippen LogP contribution in [0.3, 0.4) is 0 Å². The summed E-state index contributed by atoms with van der Waals surface area (Å²) in [6, 6.07) is 3.38. The number of amides is 2. The predicted molar refractivity (Wildman–Crippen MR) is 83.2 cm³/mol. The Morgan fingerprint density at radius 3 is 2.62 bits per heavy atom. The first-order valence-electron chi connectivity index (χ1n) is 7.11. The summed E-state index contributed by atoms with van der Waals surface area (Å²) in [5.74, 6) is 0.00153. The fraction of sp³-hybridized carbons (Fsp3) is 0.533. The van der Waals surface area contributed by atoms with Crippen LogP contribution in [0.1, 0.15) is 44.5 Å². The number of rotatable bonds is 6. The molecule has 0 aliphatic rings. The van der Waals surface area contributed by atoms with Crippen molar-refractivity contribution in [2.45, 2.75) is 39.7 Å². The molecule has 0 atom stereocenters. The normalized spacial score (nSPS) is 10.9. The Balaban J connectivity index is 2.61. The van der Waals surface area contributed by atoms with Crippen LogP contribution in [0.15, 0.2) is 18.3 Å². The number of pyridine rings is 1. The summed E-state index contributed by atoms with van der Waals surface area (Å²) in [5, 5.41) is 8.49. The lowest BCUT2D eigenvalue weighted by atomic mass is 10.1. The molecule has 0 bridgehead atoms. The quantitative estimate of drug-likeness (QED) is 0.743. The Hall–Kier alpha value is -2.11. The first-order chi connectivity index (χ1) is 9.83. The van der Waals surface area contributed by atoms with Crippen LogP contribution in [0, 0.1) is 0 Å². The number of hydrogen-bond donors (Lipinski definition) is 3. The molecular weight excluding hydrogens is 268 g/mol. The number of hydrogen-bond acceptors (Lipinski definition) is 4. The van der Waals surface area contributed by atoms with Crippen LogP contribution in [0.4, 0.5) is 5.82 Å². The molecule has 21 heavy (non-hydrogen) atoms. The summed E-state index contributed by atoms with van der Waals surface area (Å²) in [5.41, 5.74) is 0.124. The van der Waals surface area contributed by atoms with Crippen LogP contribution in [-0.4, -0.2) is 35.4 Å². The van der Waals surface area contributed by atoms with E-state index in [-0.39, 0.29) is 23.9 Å². The van der Waals surface area contributed by atoms with Crippen molar-refractivity contribution < 1.29 is 9.59 Å². The van der Waals surface area contributed by atoms with Gasteiger partial charge in [0.1, 0.15) is 5.82 Å². The van der Waals surface area contributed by atoms with Gasteiger partial charge in [0.2, 0.25) is 5.91 Å². The van der Waals surface area contributed by atoms with Gasteiger partial charge in [0.05, 0.1) is 12.1 Å². The average molecular weight is 292 g/mol. The van der Waals surface area contributed by atoms with Crippen molar-refractivity contribution in [3.8, 4) is 0 Å². The van der Waals surface area contributed by atoms with Gasteiger partial charge in [0.25, 0.3) is 5.91 Å². The molecule has 1 heterocycles. The van der Waals surface area contributed by atoms with E-state index in [0.29, 0.717) is 11.4 Å². The summed E-state index contributed by atoms with van der Waals surface area (Å²) in [6.07, 6.45) is 2.56. The molecular formula is C15H24N4O2. The van der Waals surface area contributed by atoms with E-state index >= 15 is 0 Å². The Labute approximate surface area is 125 Å². The van der Waals surface area contributed by atoms with Gasteiger partial charge in [-0.3, -0.25) is 9.59 Å². The van der Waals surface area contributed by atoms with Crippen molar-refractivity contribution in [3.63, 3.8) is 0 Å². The Morgan fingerprint density at radius 2 is 2.00 bits per heavy atom. The highest BCUT2D eigenvalue weighted by Crippen LogP contribution is 2.11. The molecule has 0 spiro atoms. The Bertz CT molecular complexity index is 495. The summed E-state index contributed by atoms with van der Waals surface area (Å²) in [7, 11) is 0. The van der Waals surface area contributed by atoms with Gasteiger partial charge >= 0.3 is 0 Å². The third-order valence-electron chi connectivity index (χ3n) is 2.52. The maximum atomic E-state index is 12.1. The zero-order valence-electron chi connectivity index (χ0n) is 13.1. The topological polar surface area (TPSA) is 83.1 Å². The number of nitrogens with zero attached hydrogens (tertiary/aromatic N) is 1. The van der Waals surface area contributed by atoms with E-state index in [2.05, 4.69) is 20.9 Å². The van der Waals surface area contributed by atoms with E-state index in [0.717, 1.165) is 13.0 Å². The van der Waals surface area contributed by atoms with E-state index in [1.807, 2.05) is 27.7 Å². The van der Waals surface area contributed by atoms with Gasteiger partial charge in [-0.1, -0.05) is 6.92 Å². The van der Waals surface area contributed by atoms with Gasteiger partial charge in [-0.05, 0) is 39.3 Å². The summed E-state index contributed by atoms with van der Waals surface area (Å²) in [6.45, 7) is 8.38. The van der Waals surface area contributed by atoms with Crippen LogP contribution in [0.5, 0.6) is 0 Å². The minimum atomic E-state index is -0.316. The molecule has 3 N–H and O–H groups in total. The van der Waals surface area contributed by atoms with Crippen LogP contribution in [0.25, 0.3) is 0 Å². The number of aromatic nitrogens is 1. The lowest BCUT2D eigenvalue weighted by Crippen LogP contribution is -2.45. The largest absolute Gasteiger partial charge is 0.369 e. The fourth-order valence-electron chi connectivity index (χ4n) is 1.69. The molecule has 0 aromatic carbocycles. The third kappa shape index (κ3) is 6.25. The van der Waals surface area contributed by atoms with Gasteiger partial charge < -0.3 is 16.0 Å². The zero-order chi connectivity index (χ0) is 15.9. The van der Waals surface area contributed by atoms with Gasteiger partial charge in [-0.25, -0.2) is 4.98 Å². The van der Waals surface area contributed by atoms with Crippen molar-refractivity contribution in [2.75, 3.05) is 18.4 Å². The third-order valence-corrected chi connectivity index (χ3v) is 2.52. The van der Waals surface area contributed by atoms with Gasteiger partial charge in [-0.15, -0.1) is 0 Å². The SMILES string of the molecule is CCCNc1ncccc1C(=O)NCC(=O)NC(C)(C)C. The van der Waals surface area contributed by atoms with Crippen molar-refractivity contribution in [2.24, 2.45) is 0 Å². The molecule has 0 aliphatic heterocycles. The molecule has 0 saturated heterocycles. The van der Waals surface area contributed by atoms with E-state index < -0.39 is 0 Å². The molecule has 1 aromatic rings. The molecule has 0 unspecified atom stereocenters. The smallest absolute Gasteiger partial charge is 0.255 e. The molecule has 6 nitrogen and oxygen atoms in total. The molecule has 2 amide bonds. The maximum absolute atomic E-state index is 12.1. The molecule has 0 saturated carbocycles. The molecule has 116 valence electrons. The highest BCUT2D eigenvalue weighted by atomic mass is 16.2. The first-order valence-corrected chi connectivity index (χ1v) is 7.11. The zero-order valence-corrected chi connectivity index (χ0v) is 13.1. The molecule has 1 aromatic heterocycles. The standard InChI is InChI=1S/C15H24N4O2/c1-5-8-16-13-11(7-6-9-17-13)14(21)18-10-12(20)19-15(2,3)4/h6-7,9H,5,8,10H2,1-4H3,(H,16,17)(H,18,21)(H,19,20). The van der Waals surface area contributed by atoms with E-state index in [4.69, 9.17) is 0 Å². The van der Waals surface area contributed by atoms with Crippen LogP contribution in [0.2, 0.25) is 0 Å². The molecule has 6 heteroatoms. The second kappa shape index (κ2) is 7.61. The van der Waals surface area contributed by atoms with Crippen molar-refractivity contribution >= 4 is 17.6 Å². The van der Waals surface area contributed by atoms with Gasteiger partial charge in [0, 0.05) is 18.3 Å². The van der Waals surface area contributed by atoms with Crippen molar-refractivity contribution in [1.82, 2.24) is 15.6 Å². The number of nitrogens with one attached hydrogen (secondary N) is 3. The average Bonchev–Trinajstić information content (AvgIpc) is 2.41. The number of anilines is 1. The van der Waals surface area contributed by atoms with E-state index in [1.54, 1.807) is 18.3 Å². The first kappa shape index (κ1) is 16.9. The lowest BCUT2D eigenvalue weighted by Gasteiger charge is -2.20. The number of carbonyl (C=O) groups excluding carboxylic acids is 2. The van der Waals surface area contributed by atoms with Crippen LogP contribution < -0.4 is 16.0 Å². The minimum absolute atomic E-state index is 0.0573. The van der Waals surface area contributed by atoms with Gasteiger partial charge in [-0.2, -0.15) is 0 Å². The van der Waals surface area contributed by atoms with Gasteiger partial charge in [0.15, 0.2) is 0 Å². The predicted octanol–water partition coefficient (Wildman–Crippen LogP) is 1.55. The monoisotopic (exact) mass is 292 g/mol. The molecule has 0 aliphatic carbocycles. The molecule has 0 fully saturated rings. The summed E-state index contributed by atoms with van der Waals surface area (Å²) in [4.78, 5) is 28.0. The van der Waals surface area contributed by atoms with E-state index in [1.165, 1.54) is 0 Å². The highest BCUT2D eigenvalue weighted by Gasteiger charge is 2.16. The Morgan fingerprint density at radius 1 is 1.29 bits per heavy atom. The molecule has 0 radical (unpaired) electrons. The minimum Gasteiger partial charge on any atom is -0.369 e. The Kier molecular flexibility index (Phi) is 6.14. The summed E-state index contributed by atoms with van der Waals surface area (Å²) >= 11 is 0. The van der Waals surface area contributed by atoms with E-state index in [9.17, 15) is 9.59 Å². The second-order valence-electron chi connectivity index (χ2n) is 5.81. The lowest BCUT2D eigenvalue weighted by molar-refractivity contribution is -0.121.